The van der Waals surface area contributed by atoms with E-state index in [0.29, 0.717) is 30.8 Å². The first-order valence-corrected chi connectivity index (χ1v) is 26.7. The number of nitrogens with one attached hydrogen (secondary N) is 4. The molecule has 0 fully saturated rings. The average molecular weight is 1160 g/mol. The van der Waals surface area contributed by atoms with E-state index in [4.69, 9.17) is 11.5 Å². The Morgan fingerprint density at radius 2 is 1.11 bits per heavy atom. The first-order valence-electron chi connectivity index (χ1n) is 24.3. The van der Waals surface area contributed by atoms with Gasteiger partial charge in [-0.15, -0.1) is 0 Å². The highest BCUT2D eigenvalue weighted by Gasteiger charge is 2.44. The van der Waals surface area contributed by atoms with Gasteiger partial charge in [0.2, 0.25) is 0 Å². The highest BCUT2D eigenvalue weighted by molar-refractivity contribution is 9.11. The Labute approximate surface area is 447 Å². The predicted molar refractivity (Wildman–Crippen MR) is 298 cm³/mol. The van der Waals surface area contributed by atoms with Crippen LogP contribution in [0.15, 0.2) is 142 Å². The van der Waals surface area contributed by atoms with Crippen LogP contribution in [0.5, 0.6) is 0 Å². The number of nitrogens with zero attached hydrogens (tertiary/aromatic N) is 3. The second-order valence-corrected chi connectivity index (χ2v) is 24.7. The molecule has 376 valence electrons. The molecule has 0 bridgehead atoms. The molecule has 3 aliphatic heterocycles. The summed E-state index contributed by atoms with van der Waals surface area (Å²) in [5.41, 5.74) is 25.5. The first kappa shape index (κ1) is 52.7. The Morgan fingerprint density at radius 3 is 1.69 bits per heavy atom. The van der Waals surface area contributed by atoms with Gasteiger partial charge in [0.25, 0.3) is 0 Å². The van der Waals surface area contributed by atoms with Crippen LogP contribution in [0.4, 0.5) is 11.6 Å². The van der Waals surface area contributed by atoms with E-state index in [2.05, 4.69) is 131 Å². The molecule has 8 N–H and O–H groups in total. The number of aliphatic imine (C=N–C) groups is 1. The number of ketones is 3. The van der Waals surface area contributed by atoms with Gasteiger partial charge in [-0.05, 0) is 91.7 Å². The van der Waals surface area contributed by atoms with Crippen molar-refractivity contribution in [2.45, 2.75) is 119 Å². The molecule has 0 amide bonds. The molecule has 0 saturated carbocycles. The zero-order valence-electron chi connectivity index (χ0n) is 42.5. The molecular weight excluding hydrogens is 1100 g/mol. The number of anilines is 2. The van der Waals surface area contributed by atoms with Crippen molar-refractivity contribution in [1.29, 1.82) is 0 Å². The Balaban J connectivity index is 0.000000137. The van der Waals surface area contributed by atoms with Gasteiger partial charge >= 0.3 is 0 Å². The minimum absolute atomic E-state index is 0.0236. The summed E-state index contributed by atoms with van der Waals surface area (Å²) in [7, 11) is 0. The lowest BCUT2D eigenvalue weighted by Gasteiger charge is -2.38. The SMILES string of the molecule is Brc1ccccc1.C/C(N)=C1/C(N)=NC2=C(C(=O)CC(C)(C)C2)C1c1ccccc1Br.Cc1[nH]nc2c1C(c1ccccc1Br)C1=C(CC(C)(C)CC1=O)N2.Cc1[nH]nc2c1CC1=C(CC(C)(C)CC1=O)N2. The second-order valence-electron chi connectivity index (χ2n) is 22.0. The third-order valence-electron chi connectivity index (χ3n) is 14.0. The summed E-state index contributed by atoms with van der Waals surface area (Å²) in [6.45, 7) is 18.6. The molecule has 0 spiro atoms. The molecule has 3 aromatic carbocycles. The van der Waals surface area contributed by atoms with Crippen molar-refractivity contribution >= 4 is 82.6 Å². The van der Waals surface area contributed by atoms with Crippen LogP contribution in [0.1, 0.15) is 132 Å². The number of fused-ring (bicyclic) bond motifs is 2. The Morgan fingerprint density at radius 1 is 0.611 bits per heavy atom. The number of halogens is 3. The zero-order valence-corrected chi connectivity index (χ0v) is 47.2. The average Bonchev–Trinajstić information content (AvgIpc) is 3.84. The number of carbonyl (C=O) groups excluding carboxylic acids is 3. The van der Waals surface area contributed by atoms with E-state index in [1.807, 2.05) is 93.6 Å². The summed E-state index contributed by atoms with van der Waals surface area (Å²) in [4.78, 5) is 42.7. The summed E-state index contributed by atoms with van der Waals surface area (Å²) in [5.74, 6) is 2.48. The molecule has 0 radical (unpaired) electrons. The fraction of sp³-hybridized carbons (Fsp3) is 0.368. The molecule has 3 aliphatic carbocycles. The van der Waals surface area contributed by atoms with Gasteiger partial charge in [-0.25, -0.2) is 4.99 Å². The molecule has 11 rings (SSSR count). The molecule has 2 unspecified atom stereocenters. The van der Waals surface area contributed by atoms with E-state index in [1.165, 1.54) is 0 Å². The molecule has 6 aliphatic rings. The number of H-pyrrole nitrogens is 2. The summed E-state index contributed by atoms with van der Waals surface area (Å²) in [6.07, 6.45) is 5.01. The number of benzene rings is 3. The standard InChI is InChI=1S/C19H20BrN3O.C19H22BrN3O.C13H17N3O.C6H5Br/c1-10-15-16(11-6-4-5-7-12(11)20)17-13(21-18(15)23-22-10)8-19(2,3)9-14(17)24;1-10(21)15-16(11-6-4-5-7-12(11)20)17-13(23-18(15)22)8-19(2,3)9-14(17)24;1-7-8-4-9-10(14-12(8)16-15-7)5-13(2,3)6-11(9)17;7-6-4-2-1-3-5-6/h4-7,16H,8-9H2,1-3H3,(H2,21,22,23);4-7,16H,8-9,21H2,1-3H3,(H2,22,23);4-6H2,1-3H3,(H2,14,15,16);1-5H/b;15-10-;;. The van der Waals surface area contributed by atoms with Crippen LogP contribution < -0.4 is 22.1 Å². The van der Waals surface area contributed by atoms with Crippen LogP contribution in [-0.2, 0) is 20.8 Å². The van der Waals surface area contributed by atoms with Gasteiger partial charge in [-0.1, -0.05) is 144 Å². The summed E-state index contributed by atoms with van der Waals surface area (Å²) >= 11 is 10.6. The zero-order chi connectivity index (χ0) is 52.0. The van der Waals surface area contributed by atoms with E-state index in [9.17, 15) is 14.4 Å². The number of aromatic nitrogens is 4. The van der Waals surface area contributed by atoms with Gasteiger partial charge in [-0.2, -0.15) is 10.2 Å². The van der Waals surface area contributed by atoms with Crippen LogP contribution in [0.3, 0.4) is 0 Å². The Hall–Kier alpha value is -5.64. The van der Waals surface area contributed by atoms with Crippen LogP contribution in [0.2, 0.25) is 0 Å². The highest BCUT2D eigenvalue weighted by Crippen LogP contribution is 2.51. The van der Waals surface area contributed by atoms with Gasteiger partial charge in [0.15, 0.2) is 29.0 Å². The molecule has 5 heterocycles. The fourth-order valence-electron chi connectivity index (χ4n) is 10.8. The maximum Gasteiger partial charge on any atom is 0.162 e. The number of allylic oxidation sites excluding steroid dienone is 7. The number of rotatable bonds is 2. The third-order valence-corrected chi connectivity index (χ3v) is 16.0. The first-order chi connectivity index (χ1) is 33.9. The Bertz CT molecular complexity index is 3150. The smallest absolute Gasteiger partial charge is 0.162 e. The number of nitrogens with two attached hydrogens (primary N) is 2. The topological polar surface area (TPSA) is 197 Å². The van der Waals surface area contributed by atoms with Crippen molar-refractivity contribution in [2.75, 3.05) is 10.6 Å². The van der Waals surface area contributed by atoms with Gasteiger partial charge in [0.1, 0.15) is 5.84 Å². The number of Topliss-reactive ketones (excluding diaryl/α,β-unsaturated/α-hetero) is 3. The van der Waals surface area contributed by atoms with Crippen molar-refractivity contribution in [2.24, 2.45) is 32.7 Å². The quantitative estimate of drug-likeness (QED) is 0.0996. The monoisotopic (exact) mass is 1160 g/mol. The van der Waals surface area contributed by atoms with Crippen molar-refractivity contribution in [3.8, 4) is 0 Å². The van der Waals surface area contributed by atoms with Crippen LogP contribution >= 0.6 is 47.8 Å². The van der Waals surface area contributed by atoms with Crippen molar-refractivity contribution in [3.63, 3.8) is 0 Å². The van der Waals surface area contributed by atoms with Crippen molar-refractivity contribution < 1.29 is 14.4 Å². The van der Waals surface area contributed by atoms with Gasteiger partial charge in [0, 0.05) is 113 Å². The fourth-order valence-corrected chi connectivity index (χ4v) is 12.2. The normalized spacial score (nSPS) is 21.8. The number of hydrogen-bond acceptors (Lipinski definition) is 10. The maximum absolute atomic E-state index is 13.0. The van der Waals surface area contributed by atoms with Crippen LogP contribution in [-0.4, -0.2) is 43.6 Å². The highest BCUT2D eigenvalue weighted by atomic mass is 79.9. The Kier molecular flexibility index (Phi) is 15.1. The number of aryl methyl sites for hydroxylation is 2. The number of aromatic amines is 2. The van der Waals surface area contributed by atoms with Crippen molar-refractivity contribution in [3.05, 3.63) is 171 Å². The number of hydrogen-bond donors (Lipinski definition) is 6. The van der Waals surface area contributed by atoms with E-state index >= 15 is 0 Å². The molecule has 15 heteroatoms. The summed E-state index contributed by atoms with van der Waals surface area (Å²) in [5, 5.41) is 21.5. The minimum Gasteiger partial charge on any atom is -0.402 e. The van der Waals surface area contributed by atoms with E-state index < -0.39 is 0 Å². The lowest BCUT2D eigenvalue weighted by molar-refractivity contribution is -0.119. The molecule has 0 saturated heterocycles. The maximum atomic E-state index is 13.0. The lowest BCUT2D eigenvalue weighted by atomic mass is 9.69. The molecule has 2 atom stereocenters. The van der Waals surface area contributed by atoms with Crippen LogP contribution in [0.25, 0.3) is 0 Å². The van der Waals surface area contributed by atoms with E-state index in [-0.39, 0.29) is 45.4 Å². The molecule has 12 nitrogen and oxygen atoms in total. The van der Waals surface area contributed by atoms with Crippen molar-refractivity contribution in [1.82, 2.24) is 20.4 Å². The molecule has 72 heavy (non-hydrogen) atoms. The van der Waals surface area contributed by atoms with Gasteiger partial charge < -0.3 is 22.1 Å². The largest absolute Gasteiger partial charge is 0.402 e. The minimum atomic E-state index is -0.262. The van der Waals surface area contributed by atoms with Gasteiger partial charge in [-0.3, -0.25) is 24.6 Å². The van der Waals surface area contributed by atoms with E-state index in [1.54, 1.807) is 0 Å². The molecule has 2 aromatic heterocycles. The molecular formula is C57H64Br3N9O3. The molecule has 5 aromatic rings. The lowest BCUT2D eigenvalue weighted by Crippen LogP contribution is -2.36. The number of amidine groups is 1. The third kappa shape index (κ3) is 11.1. The number of carbonyl (C=O) groups is 3. The predicted octanol–water partition coefficient (Wildman–Crippen LogP) is 13.2. The van der Waals surface area contributed by atoms with E-state index in [0.717, 1.165) is 124 Å². The van der Waals surface area contributed by atoms with Gasteiger partial charge in [0.05, 0.1) is 5.70 Å². The second kappa shape index (κ2) is 20.7. The van der Waals surface area contributed by atoms with Crippen LogP contribution in [0, 0.1) is 30.1 Å². The summed E-state index contributed by atoms with van der Waals surface area (Å²) < 4.78 is 3.09. The summed E-state index contributed by atoms with van der Waals surface area (Å²) in [6, 6.07) is 26.0.